The van der Waals surface area contributed by atoms with E-state index in [1.807, 2.05) is 4.90 Å². The second-order valence-corrected chi connectivity index (χ2v) is 5.17. The van der Waals surface area contributed by atoms with Gasteiger partial charge in [-0.2, -0.15) is 0 Å². The molecule has 1 aliphatic rings. The summed E-state index contributed by atoms with van der Waals surface area (Å²) in [6.45, 7) is 1.95. The van der Waals surface area contributed by atoms with E-state index < -0.39 is 11.8 Å². The minimum absolute atomic E-state index is 0.0533. The molecule has 1 aliphatic heterocycles. The van der Waals surface area contributed by atoms with Gasteiger partial charge in [0.2, 0.25) is 5.91 Å². The van der Waals surface area contributed by atoms with E-state index >= 15 is 0 Å². The normalized spacial score (nSPS) is 16.0. The molecule has 5 nitrogen and oxygen atoms in total. The van der Waals surface area contributed by atoms with E-state index in [1.54, 1.807) is 6.07 Å². The van der Waals surface area contributed by atoms with Crippen molar-refractivity contribution < 1.29 is 14.0 Å². The van der Waals surface area contributed by atoms with E-state index in [-0.39, 0.29) is 18.1 Å². The number of benzene rings is 1. The molecule has 1 aromatic carbocycles. The first kappa shape index (κ1) is 15.4. The van der Waals surface area contributed by atoms with Crippen LogP contribution in [0.1, 0.15) is 25.7 Å². The van der Waals surface area contributed by atoms with Gasteiger partial charge in [-0.25, -0.2) is 9.18 Å². The van der Waals surface area contributed by atoms with E-state index in [0.29, 0.717) is 0 Å². The molecule has 0 atom stereocenters. The fourth-order valence-corrected chi connectivity index (χ4v) is 2.38. The topological polar surface area (TPSA) is 61.4 Å². The van der Waals surface area contributed by atoms with Gasteiger partial charge in [-0.05, 0) is 38.1 Å². The molecular weight excluding hydrogens is 273 g/mol. The number of imide groups is 1. The largest absolute Gasteiger partial charge is 0.326 e. The fourth-order valence-electron chi connectivity index (χ4n) is 2.38. The monoisotopic (exact) mass is 293 g/mol. The lowest BCUT2D eigenvalue weighted by atomic mass is 10.2. The molecule has 1 saturated heterocycles. The summed E-state index contributed by atoms with van der Waals surface area (Å²) in [5.74, 6) is -0.904. The van der Waals surface area contributed by atoms with Crippen LogP contribution < -0.4 is 10.6 Å². The molecule has 2 N–H and O–H groups in total. The zero-order chi connectivity index (χ0) is 15.1. The molecular formula is C15H20FN3O2. The molecule has 0 bridgehead atoms. The maximum atomic E-state index is 13.4. The standard InChI is InChI=1S/C15H20FN3O2/c16-12-7-3-4-8-13(12)17-15(21)18-14(20)11-19-9-5-1-2-6-10-19/h3-4,7-8H,1-2,5-6,9-11H2,(H2,17,18,20,21). The number of likely N-dealkylation sites (tertiary alicyclic amines) is 1. The summed E-state index contributed by atoms with van der Waals surface area (Å²) < 4.78 is 13.4. The van der Waals surface area contributed by atoms with E-state index in [9.17, 15) is 14.0 Å². The van der Waals surface area contributed by atoms with Crippen molar-refractivity contribution in [2.75, 3.05) is 25.0 Å². The van der Waals surface area contributed by atoms with Gasteiger partial charge in [-0.15, -0.1) is 0 Å². The predicted molar refractivity (Wildman–Crippen MR) is 78.5 cm³/mol. The van der Waals surface area contributed by atoms with Crippen LogP contribution in [0.25, 0.3) is 0 Å². The number of hydrogen-bond donors (Lipinski definition) is 2. The zero-order valence-corrected chi connectivity index (χ0v) is 11.9. The number of nitrogens with zero attached hydrogens (tertiary/aromatic N) is 1. The second kappa shape index (κ2) is 7.73. The first-order valence-electron chi connectivity index (χ1n) is 7.23. The van der Waals surface area contributed by atoms with E-state index in [4.69, 9.17) is 0 Å². The molecule has 0 spiro atoms. The van der Waals surface area contributed by atoms with Crippen LogP contribution in [0.5, 0.6) is 0 Å². The van der Waals surface area contributed by atoms with E-state index in [2.05, 4.69) is 10.6 Å². The number of halogens is 1. The lowest BCUT2D eigenvalue weighted by molar-refractivity contribution is -0.121. The predicted octanol–water partition coefficient (Wildman–Crippen LogP) is 2.35. The quantitative estimate of drug-likeness (QED) is 0.899. The van der Waals surface area contributed by atoms with Crippen molar-refractivity contribution in [3.05, 3.63) is 30.1 Å². The van der Waals surface area contributed by atoms with E-state index in [0.717, 1.165) is 25.9 Å². The van der Waals surface area contributed by atoms with Gasteiger partial charge in [0.25, 0.3) is 0 Å². The Balaban J connectivity index is 1.79. The summed E-state index contributed by atoms with van der Waals surface area (Å²) in [7, 11) is 0. The van der Waals surface area contributed by atoms with Gasteiger partial charge in [0.1, 0.15) is 5.82 Å². The van der Waals surface area contributed by atoms with Gasteiger partial charge < -0.3 is 5.32 Å². The molecule has 1 fully saturated rings. The summed E-state index contributed by atoms with van der Waals surface area (Å²) in [6, 6.07) is 5.11. The van der Waals surface area contributed by atoms with Gasteiger partial charge in [0, 0.05) is 0 Å². The molecule has 114 valence electrons. The lowest BCUT2D eigenvalue weighted by Gasteiger charge is -2.18. The number of urea groups is 1. The first-order chi connectivity index (χ1) is 10.1. The number of nitrogens with one attached hydrogen (secondary N) is 2. The molecule has 2 rings (SSSR count). The minimum atomic E-state index is -0.708. The second-order valence-electron chi connectivity index (χ2n) is 5.17. The van der Waals surface area contributed by atoms with Gasteiger partial charge in [0.15, 0.2) is 0 Å². The zero-order valence-electron chi connectivity index (χ0n) is 11.9. The Bertz CT molecular complexity index is 499. The smallest absolute Gasteiger partial charge is 0.305 e. The molecule has 0 radical (unpaired) electrons. The maximum Gasteiger partial charge on any atom is 0.326 e. The highest BCUT2D eigenvalue weighted by atomic mass is 19.1. The molecule has 1 heterocycles. The lowest BCUT2D eigenvalue weighted by Crippen LogP contribution is -2.42. The van der Waals surface area contributed by atoms with Crippen LogP contribution in [-0.2, 0) is 4.79 Å². The molecule has 0 aromatic heterocycles. The number of hydrogen-bond acceptors (Lipinski definition) is 3. The van der Waals surface area contributed by atoms with Gasteiger partial charge in [0.05, 0.1) is 12.2 Å². The Morgan fingerprint density at radius 2 is 1.76 bits per heavy atom. The third-order valence-electron chi connectivity index (χ3n) is 3.44. The Labute approximate surface area is 123 Å². The molecule has 0 aliphatic carbocycles. The Kier molecular flexibility index (Phi) is 5.68. The average Bonchev–Trinajstić information content (AvgIpc) is 2.69. The van der Waals surface area contributed by atoms with Crippen LogP contribution in [0.15, 0.2) is 24.3 Å². The minimum Gasteiger partial charge on any atom is -0.305 e. The first-order valence-corrected chi connectivity index (χ1v) is 7.23. The number of carbonyl (C=O) groups excluding carboxylic acids is 2. The van der Waals surface area contributed by atoms with Crippen LogP contribution in [0.2, 0.25) is 0 Å². The number of amides is 3. The van der Waals surface area contributed by atoms with Crippen LogP contribution in [0.4, 0.5) is 14.9 Å². The van der Waals surface area contributed by atoms with Crippen molar-refractivity contribution in [3.8, 4) is 0 Å². The SMILES string of the molecule is O=C(CN1CCCCCC1)NC(=O)Nc1ccccc1F. The van der Waals surface area contributed by atoms with E-state index in [1.165, 1.54) is 31.0 Å². The number of para-hydroxylation sites is 1. The maximum absolute atomic E-state index is 13.4. The Morgan fingerprint density at radius 3 is 2.43 bits per heavy atom. The van der Waals surface area contributed by atoms with Crippen LogP contribution >= 0.6 is 0 Å². The highest BCUT2D eigenvalue weighted by molar-refractivity contribution is 6.01. The highest BCUT2D eigenvalue weighted by Crippen LogP contribution is 2.12. The Morgan fingerprint density at radius 1 is 1.10 bits per heavy atom. The molecule has 3 amide bonds. The summed E-state index contributed by atoms with van der Waals surface area (Å²) in [6.07, 6.45) is 4.53. The molecule has 1 aromatic rings. The molecule has 6 heteroatoms. The summed E-state index contributed by atoms with van der Waals surface area (Å²) in [5.41, 5.74) is 0.0533. The van der Waals surface area contributed by atoms with Crippen LogP contribution in [0, 0.1) is 5.82 Å². The fraction of sp³-hybridized carbons (Fsp3) is 0.467. The van der Waals surface area contributed by atoms with Gasteiger partial charge in [-0.3, -0.25) is 15.0 Å². The average molecular weight is 293 g/mol. The Hall–Kier alpha value is -1.95. The summed E-state index contributed by atoms with van der Waals surface area (Å²) >= 11 is 0. The third kappa shape index (κ3) is 5.15. The number of rotatable bonds is 3. The number of anilines is 1. The van der Waals surface area contributed by atoms with Gasteiger partial charge >= 0.3 is 6.03 Å². The van der Waals surface area contributed by atoms with Crippen molar-refractivity contribution in [2.24, 2.45) is 0 Å². The van der Waals surface area contributed by atoms with Crippen molar-refractivity contribution in [2.45, 2.75) is 25.7 Å². The summed E-state index contributed by atoms with van der Waals surface area (Å²) in [4.78, 5) is 25.5. The van der Waals surface area contributed by atoms with Crippen LogP contribution in [0.3, 0.4) is 0 Å². The van der Waals surface area contributed by atoms with Crippen molar-refractivity contribution in [1.29, 1.82) is 0 Å². The van der Waals surface area contributed by atoms with Crippen LogP contribution in [-0.4, -0.2) is 36.5 Å². The highest BCUT2D eigenvalue weighted by Gasteiger charge is 2.15. The third-order valence-corrected chi connectivity index (χ3v) is 3.44. The van der Waals surface area contributed by atoms with Crippen molar-refractivity contribution in [3.63, 3.8) is 0 Å². The number of carbonyl (C=O) groups is 2. The van der Waals surface area contributed by atoms with Crippen molar-refractivity contribution >= 4 is 17.6 Å². The van der Waals surface area contributed by atoms with Gasteiger partial charge in [-0.1, -0.05) is 25.0 Å². The molecule has 0 unspecified atom stereocenters. The summed E-state index contributed by atoms with van der Waals surface area (Å²) in [5, 5.41) is 4.55. The molecule has 0 saturated carbocycles. The molecule has 21 heavy (non-hydrogen) atoms. The van der Waals surface area contributed by atoms with Crippen molar-refractivity contribution in [1.82, 2.24) is 10.2 Å².